The minimum absolute atomic E-state index is 0.0216. The van der Waals surface area contributed by atoms with Gasteiger partial charge in [-0.3, -0.25) is 9.69 Å². The van der Waals surface area contributed by atoms with Crippen molar-refractivity contribution in [2.45, 2.75) is 51.1 Å². The number of likely N-dealkylation sites (tertiary alicyclic amines) is 1. The molecule has 4 nitrogen and oxygen atoms in total. The predicted molar refractivity (Wildman–Crippen MR) is 117 cm³/mol. The third kappa shape index (κ3) is 4.22. The van der Waals surface area contributed by atoms with Crippen LogP contribution in [0.2, 0.25) is 0 Å². The summed E-state index contributed by atoms with van der Waals surface area (Å²) in [6.45, 7) is 2.22. The zero-order valence-electron chi connectivity index (χ0n) is 17.5. The number of fused-ring (bicyclic) bond motifs is 3. The molecule has 2 aliphatic rings. The van der Waals surface area contributed by atoms with Gasteiger partial charge in [0, 0.05) is 47.8 Å². The molecule has 1 amide bonds. The van der Waals surface area contributed by atoms with Gasteiger partial charge in [0.15, 0.2) is 11.6 Å². The zero-order valence-corrected chi connectivity index (χ0v) is 17.5. The van der Waals surface area contributed by atoms with E-state index in [2.05, 4.69) is 15.2 Å². The number of aryl methyl sites for hydroxylation is 2. The maximum atomic E-state index is 13.4. The first-order valence-electron chi connectivity index (χ1n) is 11.2. The van der Waals surface area contributed by atoms with Gasteiger partial charge in [0.1, 0.15) is 0 Å². The summed E-state index contributed by atoms with van der Waals surface area (Å²) in [5, 5.41) is 4.37. The maximum Gasteiger partial charge on any atom is 0.251 e. The van der Waals surface area contributed by atoms with E-state index in [0.29, 0.717) is 12.1 Å². The summed E-state index contributed by atoms with van der Waals surface area (Å²) in [5.74, 6) is -1.64. The first-order chi connectivity index (χ1) is 15.1. The minimum atomic E-state index is -0.816. The van der Waals surface area contributed by atoms with Crippen LogP contribution in [0.15, 0.2) is 36.4 Å². The Morgan fingerprint density at radius 3 is 2.65 bits per heavy atom. The highest BCUT2D eigenvalue weighted by Crippen LogP contribution is 2.29. The van der Waals surface area contributed by atoms with Gasteiger partial charge in [-0.25, -0.2) is 8.78 Å². The molecule has 2 aromatic carbocycles. The van der Waals surface area contributed by atoms with Crippen molar-refractivity contribution in [2.75, 3.05) is 13.1 Å². The van der Waals surface area contributed by atoms with Gasteiger partial charge in [0.05, 0.1) is 0 Å². The lowest BCUT2D eigenvalue weighted by atomic mass is 9.95. The second kappa shape index (κ2) is 8.42. The third-order valence-corrected chi connectivity index (χ3v) is 6.67. The van der Waals surface area contributed by atoms with Crippen LogP contribution in [0.3, 0.4) is 0 Å². The molecule has 2 N–H and O–H groups in total. The van der Waals surface area contributed by atoms with Gasteiger partial charge in [-0.05, 0) is 80.0 Å². The van der Waals surface area contributed by atoms with Gasteiger partial charge >= 0.3 is 0 Å². The van der Waals surface area contributed by atoms with Crippen LogP contribution in [0.25, 0.3) is 10.9 Å². The largest absolute Gasteiger partial charge is 0.358 e. The molecule has 5 rings (SSSR count). The van der Waals surface area contributed by atoms with Gasteiger partial charge in [-0.1, -0.05) is 6.07 Å². The van der Waals surface area contributed by atoms with Gasteiger partial charge < -0.3 is 10.3 Å². The molecule has 6 heteroatoms. The van der Waals surface area contributed by atoms with Crippen LogP contribution in [0.1, 0.15) is 52.9 Å². The third-order valence-electron chi connectivity index (χ3n) is 6.67. The number of nitrogens with one attached hydrogen (secondary N) is 2. The van der Waals surface area contributed by atoms with Crippen LogP contribution in [-0.4, -0.2) is 34.9 Å². The number of halogens is 2. The smallest absolute Gasteiger partial charge is 0.251 e. The van der Waals surface area contributed by atoms with E-state index in [0.717, 1.165) is 49.9 Å². The highest BCUT2D eigenvalue weighted by atomic mass is 19.2. The molecule has 0 saturated carbocycles. The molecule has 1 saturated heterocycles. The number of carbonyl (C=O) groups excluding carboxylic acids is 1. The number of aromatic nitrogens is 1. The maximum absolute atomic E-state index is 13.4. The van der Waals surface area contributed by atoms with Crippen molar-refractivity contribution >= 4 is 16.8 Å². The molecule has 0 unspecified atom stereocenters. The van der Waals surface area contributed by atoms with Gasteiger partial charge in [-0.15, -0.1) is 0 Å². The van der Waals surface area contributed by atoms with E-state index in [9.17, 15) is 13.6 Å². The van der Waals surface area contributed by atoms with Crippen molar-refractivity contribution < 1.29 is 13.6 Å². The summed E-state index contributed by atoms with van der Waals surface area (Å²) in [6.07, 6.45) is 6.29. The van der Waals surface area contributed by atoms with Crippen LogP contribution in [0.4, 0.5) is 8.78 Å². The molecule has 0 spiro atoms. The minimum Gasteiger partial charge on any atom is -0.358 e. The molecule has 0 atom stereocenters. The Hall–Kier alpha value is -2.73. The number of carbonyl (C=O) groups is 1. The molecule has 162 valence electrons. The summed E-state index contributed by atoms with van der Waals surface area (Å²) in [4.78, 5) is 18.6. The van der Waals surface area contributed by atoms with E-state index >= 15 is 0 Å². The number of piperidine rings is 1. The first kappa shape index (κ1) is 20.2. The standard InChI is InChI=1S/C25H27F2N3O/c26-21-7-5-16(13-22(21)27)15-30-11-9-18(10-12-30)28-25(31)17-6-8-24-20(14-17)19-3-1-2-4-23(19)29-24/h5-8,13-14,18,29H,1-4,9-12,15H2,(H,28,31). The van der Waals surface area contributed by atoms with Crippen LogP contribution in [0.5, 0.6) is 0 Å². The van der Waals surface area contributed by atoms with E-state index in [1.807, 2.05) is 18.2 Å². The number of H-pyrrole nitrogens is 1. The molecule has 2 heterocycles. The lowest BCUT2D eigenvalue weighted by molar-refractivity contribution is 0.0909. The molecule has 1 aliphatic heterocycles. The lowest BCUT2D eigenvalue weighted by Crippen LogP contribution is -2.44. The second-order valence-corrected chi connectivity index (χ2v) is 8.82. The predicted octanol–water partition coefficient (Wildman–Crippen LogP) is 4.72. The van der Waals surface area contributed by atoms with Gasteiger partial charge in [-0.2, -0.15) is 0 Å². The molecular formula is C25H27F2N3O. The van der Waals surface area contributed by atoms with Crippen LogP contribution < -0.4 is 5.32 Å². The number of rotatable bonds is 4. The van der Waals surface area contributed by atoms with Crippen molar-refractivity contribution in [3.63, 3.8) is 0 Å². The Labute approximate surface area is 180 Å². The fourth-order valence-corrected chi connectivity index (χ4v) is 4.95. The Morgan fingerprint density at radius 2 is 1.84 bits per heavy atom. The van der Waals surface area contributed by atoms with Crippen molar-refractivity contribution in [1.29, 1.82) is 0 Å². The van der Waals surface area contributed by atoms with Crippen LogP contribution in [-0.2, 0) is 19.4 Å². The molecule has 0 radical (unpaired) electrons. The van der Waals surface area contributed by atoms with Crippen LogP contribution >= 0.6 is 0 Å². The average Bonchev–Trinajstić information content (AvgIpc) is 3.15. The molecular weight excluding hydrogens is 396 g/mol. The number of amides is 1. The SMILES string of the molecule is O=C(NC1CCN(Cc2ccc(F)c(F)c2)CC1)c1ccc2[nH]c3c(c2c1)CCCC3. The van der Waals surface area contributed by atoms with Crippen molar-refractivity contribution in [2.24, 2.45) is 0 Å². The summed E-state index contributed by atoms with van der Waals surface area (Å²) in [5.41, 5.74) is 5.30. The summed E-state index contributed by atoms with van der Waals surface area (Å²) in [7, 11) is 0. The Morgan fingerprint density at radius 1 is 1.03 bits per heavy atom. The van der Waals surface area contributed by atoms with Crippen LogP contribution in [0, 0.1) is 11.6 Å². The Bertz CT molecular complexity index is 1120. The first-order valence-corrected chi connectivity index (χ1v) is 11.2. The number of hydrogen-bond donors (Lipinski definition) is 2. The molecule has 1 fully saturated rings. The van der Waals surface area contributed by atoms with Crippen molar-refractivity contribution in [3.05, 3.63) is 70.4 Å². The highest BCUT2D eigenvalue weighted by Gasteiger charge is 2.22. The van der Waals surface area contributed by atoms with E-state index in [4.69, 9.17) is 0 Å². The lowest BCUT2D eigenvalue weighted by Gasteiger charge is -2.32. The fourth-order valence-electron chi connectivity index (χ4n) is 4.95. The zero-order chi connectivity index (χ0) is 21.4. The summed E-state index contributed by atoms with van der Waals surface area (Å²) in [6, 6.07) is 10.1. The monoisotopic (exact) mass is 423 g/mol. The second-order valence-electron chi connectivity index (χ2n) is 8.82. The van der Waals surface area contributed by atoms with Gasteiger partial charge in [0.2, 0.25) is 0 Å². The summed E-state index contributed by atoms with van der Waals surface area (Å²) < 4.78 is 26.5. The van der Waals surface area contributed by atoms with E-state index in [1.54, 1.807) is 6.07 Å². The molecule has 3 aromatic rings. The molecule has 1 aromatic heterocycles. The van der Waals surface area contributed by atoms with E-state index < -0.39 is 11.6 Å². The number of hydrogen-bond acceptors (Lipinski definition) is 2. The summed E-state index contributed by atoms with van der Waals surface area (Å²) >= 11 is 0. The van der Waals surface area contributed by atoms with Crippen molar-refractivity contribution in [1.82, 2.24) is 15.2 Å². The number of aromatic amines is 1. The van der Waals surface area contributed by atoms with E-state index in [1.165, 1.54) is 41.6 Å². The average molecular weight is 424 g/mol. The number of benzene rings is 2. The molecule has 1 aliphatic carbocycles. The Balaban J connectivity index is 1.19. The molecule has 31 heavy (non-hydrogen) atoms. The van der Waals surface area contributed by atoms with Gasteiger partial charge in [0.25, 0.3) is 5.91 Å². The normalized spacial score (nSPS) is 17.6. The fraction of sp³-hybridized carbons (Fsp3) is 0.400. The quantitative estimate of drug-likeness (QED) is 0.638. The topological polar surface area (TPSA) is 48.1 Å². The Kier molecular flexibility index (Phi) is 5.48. The van der Waals surface area contributed by atoms with E-state index in [-0.39, 0.29) is 11.9 Å². The van der Waals surface area contributed by atoms with Crippen molar-refractivity contribution in [3.8, 4) is 0 Å². The molecule has 0 bridgehead atoms. The number of nitrogens with zero attached hydrogens (tertiary/aromatic N) is 1. The highest BCUT2D eigenvalue weighted by molar-refractivity contribution is 5.99.